The van der Waals surface area contributed by atoms with Gasteiger partial charge in [-0.3, -0.25) is 9.69 Å². The van der Waals surface area contributed by atoms with E-state index in [2.05, 4.69) is 10.3 Å². The van der Waals surface area contributed by atoms with Crippen LogP contribution < -0.4 is 5.32 Å². The third-order valence-electron chi connectivity index (χ3n) is 2.92. The van der Waals surface area contributed by atoms with Crippen molar-refractivity contribution in [1.82, 2.24) is 15.2 Å². The minimum Gasteiger partial charge on any atom is -0.444 e. The molecular formula is C14H21N3O3S2. The number of ether oxygens (including phenoxy) is 1. The van der Waals surface area contributed by atoms with Crippen LogP contribution in [0.4, 0.5) is 4.79 Å². The summed E-state index contributed by atoms with van der Waals surface area (Å²) in [5.74, 6) is 0.894. The Morgan fingerprint density at radius 3 is 2.82 bits per heavy atom. The van der Waals surface area contributed by atoms with Crippen molar-refractivity contribution in [3.8, 4) is 0 Å². The average Bonchev–Trinajstić information content (AvgIpc) is 3.02. The molecule has 1 aromatic rings. The third kappa shape index (κ3) is 4.61. The molecule has 0 aromatic carbocycles. The fourth-order valence-corrected chi connectivity index (χ4v) is 3.70. The average molecular weight is 343 g/mol. The molecule has 0 aliphatic carbocycles. The number of carbonyl (C=O) groups is 2. The van der Waals surface area contributed by atoms with Crippen molar-refractivity contribution in [2.24, 2.45) is 0 Å². The van der Waals surface area contributed by atoms with Crippen molar-refractivity contribution < 1.29 is 14.3 Å². The molecule has 6 nitrogen and oxygen atoms in total. The first kappa shape index (κ1) is 17.1. The van der Waals surface area contributed by atoms with Crippen molar-refractivity contribution in [3.05, 3.63) is 16.1 Å². The molecule has 0 unspecified atom stereocenters. The number of nitrogens with one attached hydrogen (secondary N) is 1. The van der Waals surface area contributed by atoms with Gasteiger partial charge in [-0.1, -0.05) is 0 Å². The Morgan fingerprint density at radius 2 is 2.23 bits per heavy atom. The van der Waals surface area contributed by atoms with Crippen molar-refractivity contribution in [1.29, 1.82) is 0 Å². The van der Waals surface area contributed by atoms with Crippen LogP contribution in [0.1, 0.15) is 31.5 Å². The molecule has 1 N–H and O–H groups in total. The molecule has 0 spiro atoms. The molecular weight excluding hydrogens is 322 g/mol. The van der Waals surface area contributed by atoms with E-state index in [1.54, 1.807) is 23.1 Å². The van der Waals surface area contributed by atoms with Gasteiger partial charge >= 0.3 is 6.09 Å². The van der Waals surface area contributed by atoms with Gasteiger partial charge in [0.05, 0.1) is 23.1 Å². The minimum absolute atomic E-state index is 0.165. The Balaban J connectivity index is 1.91. The molecule has 1 aliphatic rings. The summed E-state index contributed by atoms with van der Waals surface area (Å²) in [5, 5.41) is 5.73. The highest BCUT2D eigenvalue weighted by Crippen LogP contribution is 2.23. The summed E-state index contributed by atoms with van der Waals surface area (Å²) in [7, 11) is 0. The number of hydrogen-bond donors (Lipinski definition) is 1. The van der Waals surface area contributed by atoms with E-state index in [1.807, 2.05) is 33.1 Å². The zero-order valence-electron chi connectivity index (χ0n) is 13.2. The summed E-state index contributed by atoms with van der Waals surface area (Å²) in [6.07, 6.45) is -0.442. The van der Waals surface area contributed by atoms with E-state index in [9.17, 15) is 9.59 Å². The van der Waals surface area contributed by atoms with E-state index < -0.39 is 17.7 Å². The second kappa shape index (κ2) is 6.87. The fraction of sp³-hybridized carbons (Fsp3) is 0.643. The second-order valence-corrected chi connectivity index (χ2v) is 8.10. The molecule has 22 heavy (non-hydrogen) atoms. The molecule has 2 rings (SSSR count). The van der Waals surface area contributed by atoms with Gasteiger partial charge in [-0.25, -0.2) is 9.78 Å². The Morgan fingerprint density at radius 1 is 1.50 bits per heavy atom. The standard InChI is InChI=1S/C14H21N3O3S2/c1-9-16-10(6-22-9)5-15-12(18)11-7-21-8-17(11)13(19)20-14(2,3)4/h6,11H,5,7-8H2,1-4H3,(H,15,18)/t11-/m1/s1. The minimum atomic E-state index is -0.566. The summed E-state index contributed by atoms with van der Waals surface area (Å²) >= 11 is 3.10. The Kier molecular flexibility index (Phi) is 5.33. The zero-order valence-corrected chi connectivity index (χ0v) is 14.8. The highest BCUT2D eigenvalue weighted by molar-refractivity contribution is 7.99. The molecule has 1 saturated heterocycles. The van der Waals surface area contributed by atoms with Crippen molar-refractivity contribution in [2.75, 3.05) is 11.6 Å². The smallest absolute Gasteiger partial charge is 0.411 e. The van der Waals surface area contributed by atoms with E-state index in [0.717, 1.165) is 10.7 Å². The van der Waals surface area contributed by atoms with Gasteiger partial charge in [0.1, 0.15) is 11.6 Å². The van der Waals surface area contributed by atoms with Crippen LogP contribution in [0.25, 0.3) is 0 Å². The van der Waals surface area contributed by atoms with E-state index in [-0.39, 0.29) is 5.91 Å². The molecule has 2 amide bonds. The van der Waals surface area contributed by atoms with Gasteiger partial charge in [-0.15, -0.1) is 23.1 Å². The normalized spacial score (nSPS) is 18.4. The van der Waals surface area contributed by atoms with Crippen LogP contribution in [0.5, 0.6) is 0 Å². The lowest BCUT2D eigenvalue weighted by Gasteiger charge is -2.27. The van der Waals surface area contributed by atoms with Gasteiger partial charge in [0, 0.05) is 11.1 Å². The van der Waals surface area contributed by atoms with Gasteiger partial charge in [0.15, 0.2) is 0 Å². The largest absolute Gasteiger partial charge is 0.444 e. The lowest BCUT2D eigenvalue weighted by Crippen LogP contribution is -2.48. The number of carbonyl (C=O) groups excluding carboxylic acids is 2. The van der Waals surface area contributed by atoms with Crippen molar-refractivity contribution in [3.63, 3.8) is 0 Å². The van der Waals surface area contributed by atoms with Crippen LogP contribution in [0.2, 0.25) is 0 Å². The Bertz CT molecular complexity index is 554. The molecule has 1 fully saturated rings. The predicted octanol–water partition coefficient (Wildman–Crippen LogP) is 2.38. The SMILES string of the molecule is Cc1nc(CNC(=O)[C@H]2CSCN2C(=O)OC(C)(C)C)cs1. The maximum Gasteiger partial charge on any atom is 0.411 e. The van der Waals surface area contributed by atoms with Crippen LogP contribution in [0.15, 0.2) is 5.38 Å². The van der Waals surface area contributed by atoms with Gasteiger partial charge in [-0.2, -0.15) is 0 Å². The van der Waals surface area contributed by atoms with Gasteiger partial charge < -0.3 is 10.1 Å². The number of thiazole rings is 1. The third-order valence-corrected chi connectivity index (χ3v) is 4.76. The van der Waals surface area contributed by atoms with Gasteiger partial charge in [0.25, 0.3) is 0 Å². The first-order valence-corrected chi connectivity index (χ1v) is 9.06. The van der Waals surface area contributed by atoms with E-state index in [4.69, 9.17) is 4.74 Å². The Labute approximate surface area is 138 Å². The summed E-state index contributed by atoms with van der Waals surface area (Å²) in [5.41, 5.74) is 0.272. The summed E-state index contributed by atoms with van der Waals surface area (Å²) < 4.78 is 5.35. The molecule has 1 atom stereocenters. The second-order valence-electron chi connectivity index (χ2n) is 6.04. The predicted molar refractivity (Wildman–Crippen MR) is 87.9 cm³/mol. The maximum absolute atomic E-state index is 12.3. The highest BCUT2D eigenvalue weighted by atomic mass is 32.2. The maximum atomic E-state index is 12.3. The van der Waals surface area contributed by atoms with Crippen LogP contribution in [0, 0.1) is 6.92 Å². The summed E-state index contributed by atoms with van der Waals surface area (Å²) in [6, 6.07) is -0.486. The fourth-order valence-electron chi connectivity index (χ4n) is 1.95. The molecule has 122 valence electrons. The number of amides is 2. The molecule has 2 heterocycles. The number of hydrogen-bond acceptors (Lipinski definition) is 6. The highest BCUT2D eigenvalue weighted by Gasteiger charge is 2.37. The van der Waals surface area contributed by atoms with Crippen molar-refractivity contribution in [2.45, 2.75) is 45.9 Å². The van der Waals surface area contributed by atoms with Gasteiger partial charge in [-0.05, 0) is 27.7 Å². The summed E-state index contributed by atoms with van der Waals surface area (Å²) in [4.78, 5) is 30.2. The molecule has 0 bridgehead atoms. The number of rotatable bonds is 3. The van der Waals surface area contributed by atoms with Gasteiger partial charge in [0.2, 0.25) is 5.91 Å². The lowest BCUT2D eigenvalue weighted by atomic mass is 10.2. The number of aryl methyl sites for hydroxylation is 1. The molecule has 0 radical (unpaired) electrons. The lowest BCUT2D eigenvalue weighted by molar-refractivity contribution is -0.125. The summed E-state index contributed by atoms with van der Waals surface area (Å²) in [6.45, 7) is 7.75. The quantitative estimate of drug-likeness (QED) is 0.912. The number of nitrogens with zero attached hydrogens (tertiary/aromatic N) is 2. The monoisotopic (exact) mass is 343 g/mol. The van der Waals surface area contributed by atoms with Crippen LogP contribution in [0.3, 0.4) is 0 Å². The van der Waals surface area contributed by atoms with Crippen LogP contribution in [-0.2, 0) is 16.1 Å². The number of thioether (sulfide) groups is 1. The first-order chi connectivity index (χ1) is 10.3. The number of aromatic nitrogens is 1. The van der Waals surface area contributed by atoms with Crippen LogP contribution in [-0.4, -0.2) is 45.2 Å². The Hall–Kier alpha value is -1.28. The van der Waals surface area contributed by atoms with E-state index in [0.29, 0.717) is 18.2 Å². The molecule has 1 aliphatic heterocycles. The molecule has 0 saturated carbocycles. The van der Waals surface area contributed by atoms with Crippen molar-refractivity contribution >= 4 is 35.1 Å². The zero-order chi connectivity index (χ0) is 16.3. The molecule has 1 aromatic heterocycles. The topological polar surface area (TPSA) is 71.5 Å². The van der Waals surface area contributed by atoms with E-state index >= 15 is 0 Å². The van der Waals surface area contributed by atoms with Crippen LogP contribution >= 0.6 is 23.1 Å². The van der Waals surface area contributed by atoms with E-state index in [1.165, 1.54) is 4.90 Å². The first-order valence-electron chi connectivity index (χ1n) is 7.02. The molecule has 8 heteroatoms.